The van der Waals surface area contributed by atoms with Crippen LogP contribution in [-0.4, -0.2) is 20.9 Å². The maximum absolute atomic E-state index is 11.6. The Labute approximate surface area is 119 Å². The van der Waals surface area contributed by atoms with Crippen LogP contribution in [0.3, 0.4) is 0 Å². The molecule has 5 nitrogen and oxygen atoms in total. The molecule has 1 aromatic carbocycles. The molecule has 1 amide bonds. The molecule has 20 heavy (non-hydrogen) atoms. The lowest BCUT2D eigenvalue weighted by Crippen LogP contribution is -2.29. The fourth-order valence-corrected chi connectivity index (χ4v) is 2.74. The van der Waals surface area contributed by atoms with Gasteiger partial charge in [0, 0.05) is 13.0 Å². The maximum Gasteiger partial charge on any atom is 0.238 e. The summed E-state index contributed by atoms with van der Waals surface area (Å²) in [5, 5.41) is 7.92. The first-order chi connectivity index (χ1) is 9.45. The third-order valence-corrected chi connectivity index (χ3v) is 4.62. The van der Waals surface area contributed by atoms with Crippen LogP contribution in [0.5, 0.6) is 0 Å². The molecule has 0 radical (unpaired) electrons. The number of nitrogens with two attached hydrogens (primary N) is 1. The quantitative estimate of drug-likeness (QED) is 0.826. The minimum Gasteiger partial charge on any atom is -0.356 e. The summed E-state index contributed by atoms with van der Waals surface area (Å²) < 4.78 is 22.2. The van der Waals surface area contributed by atoms with E-state index >= 15 is 0 Å². The van der Waals surface area contributed by atoms with Crippen LogP contribution in [-0.2, 0) is 21.2 Å². The van der Waals surface area contributed by atoms with Crippen molar-refractivity contribution in [3.8, 4) is 0 Å². The van der Waals surface area contributed by atoms with E-state index in [0.717, 1.165) is 5.56 Å². The van der Waals surface area contributed by atoms with Crippen molar-refractivity contribution in [3.05, 3.63) is 29.8 Å². The average Bonchev–Trinajstić information content (AvgIpc) is 2.33. The van der Waals surface area contributed by atoms with Gasteiger partial charge in [0.15, 0.2) is 0 Å². The van der Waals surface area contributed by atoms with E-state index in [9.17, 15) is 13.2 Å². The van der Waals surface area contributed by atoms with Crippen molar-refractivity contribution >= 4 is 15.9 Å². The van der Waals surface area contributed by atoms with E-state index in [-0.39, 0.29) is 10.8 Å². The Kier molecular flexibility index (Phi) is 4.77. The number of hydrogen-bond acceptors (Lipinski definition) is 3. The normalized spacial score (nSPS) is 15.7. The molecule has 0 saturated heterocycles. The number of hydrogen-bond donors (Lipinski definition) is 2. The van der Waals surface area contributed by atoms with Crippen molar-refractivity contribution in [2.75, 3.05) is 6.54 Å². The van der Waals surface area contributed by atoms with Gasteiger partial charge in [0.1, 0.15) is 0 Å². The highest BCUT2D eigenvalue weighted by molar-refractivity contribution is 7.89. The highest BCUT2D eigenvalue weighted by Crippen LogP contribution is 2.28. The number of amides is 1. The van der Waals surface area contributed by atoms with Crippen LogP contribution in [0.4, 0.5) is 0 Å². The van der Waals surface area contributed by atoms with Crippen LogP contribution in [0.1, 0.15) is 31.2 Å². The second-order valence-electron chi connectivity index (χ2n) is 5.29. The van der Waals surface area contributed by atoms with Crippen LogP contribution < -0.4 is 10.5 Å². The monoisotopic (exact) mass is 296 g/mol. The fraction of sp³-hybridized carbons (Fsp3) is 0.500. The number of carbonyl (C=O) groups excluding carboxylic acids is 1. The summed E-state index contributed by atoms with van der Waals surface area (Å²) in [6.07, 6.45) is 4.89. The van der Waals surface area contributed by atoms with Gasteiger partial charge in [-0.25, -0.2) is 13.6 Å². The SMILES string of the molecule is NS(=O)(=O)c1ccc(CCNC(=O)CC2CCC2)cc1. The molecule has 0 aliphatic heterocycles. The highest BCUT2D eigenvalue weighted by atomic mass is 32.2. The summed E-state index contributed by atoms with van der Waals surface area (Å²) in [6.45, 7) is 0.570. The summed E-state index contributed by atoms with van der Waals surface area (Å²) in [4.78, 5) is 11.7. The first kappa shape index (κ1) is 15.0. The Morgan fingerprint density at radius 2 is 1.90 bits per heavy atom. The lowest BCUT2D eigenvalue weighted by molar-refractivity contribution is -0.122. The fourth-order valence-electron chi connectivity index (χ4n) is 2.22. The molecular formula is C14H20N2O3S. The number of primary sulfonamides is 1. The molecule has 0 atom stereocenters. The Morgan fingerprint density at radius 3 is 2.40 bits per heavy atom. The summed E-state index contributed by atoms with van der Waals surface area (Å²) in [6, 6.07) is 6.41. The van der Waals surface area contributed by atoms with Crippen LogP contribution in [0.15, 0.2) is 29.2 Å². The predicted molar refractivity (Wildman–Crippen MR) is 76.5 cm³/mol. The van der Waals surface area contributed by atoms with E-state index in [1.165, 1.54) is 31.4 Å². The molecule has 1 aliphatic carbocycles. The van der Waals surface area contributed by atoms with Crippen LogP contribution in [0, 0.1) is 5.92 Å². The van der Waals surface area contributed by atoms with Gasteiger partial charge in [0.2, 0.25) is 15.9 Å². The van der Waals surface area contributed by atoms with Crippen molar-refractivity contribution in [3.63, 3.8) is 0 Å². The maximum atomic E-state index is 11.6. The number of sulfonamides is 1. The molecule has 1 aliphatic rings. The van der Waals surface area contributed by atoms with Gasteiger partial charge < -0.3 is 5.32 Å². The number of rotatable bonds is 6. The largest absolute Gasteiger partial charge is 0.356 e. The number of benzene rings is 1. The van der Waals surface area contributed by atoms with E-state index < -0.39 is 10.0 Å². The molecule has 0 unspecified atom stereocenters. The Hall–Kier alpha value is -1.40. The van der Waals surface area contributed by atoms with Gasteiger partial charge in [-0.2, -0.15) is 0 Å². The van der Waals surface area contributed by atoms with Gasteiger partial charge in [-0.15, -0.1) is 0 Å². The molecule has 2 rings (SSSR count). The second-order valence-corrected chi connectivity index (χ2v) is 6.85. The van der Waals surface area contributed by atoms with Gasteiger partial charge in [-0.05, 0) is 42.9 Å². The van der Waals surface area contributed by atoms with Crippen molar-refractivity contribution in [1.29, 1.82) is 0 Å². The summed E-state index contributed by atoms with van der Waals surface area (Å²) in [7, 11) is -3.63. The molecular weight excluding hydrogens is 276 g/mol. The number of carbonyl (C=O) groups is 1. The predicted octanol–water partition coefficient (Wildman–Crippen LogP) is 1.18. The van der Waals surface area contributed by atoms with Crippen LogP contribution in [0.25, 0.3) is 0 Å². The van der Waals surface area contributed by atoms with Crippen molar-refractivity contribution in [1.82, 2.24) is 5.32 Å². The van der Waals surface area contributed by atoms with Gasteiger partial charge in [0.05, 0.1) is 4.90 Å². The minimum atomic E-state index is -3.63. The van der Waals surface area contributed by atoms with Gasteiger partial charge in [-0.1, -0.05) is 18.6 Å². The zero-order valence-electron chi connectivity index (χ0n) is 11.3. The van der Waals surface area contributed by atoms with Gasteiger partial charge >= 0.3 is 0 Å². The molecule has 6 heteroatoms. The molecule has 1 aromatic rings. The van der Waals surface area contributed by atoms with Crippen LogP contribution >= 0.6 is 0 Å². The lowest BCUT2D eigenvalue weighted by Gasteiger charge is -2.24. The molecule has 0 bridgehead atoms. The highest BCUT2D eigenvalue weighted by Gasteiger charge is 2.20. The van der Waals surface area contributed by atoms with Crippen molar-refractivity contribution in [2.24, 2.45) is 11.1 Å². The summed E-state index contributed by atoms with van der Waals surface area (Å²) in [5.74, 6) is 0.680. The molecule has 1 fully saturated rings. The molecule has 0 heterocycles. The van der Waals surface area contributed by atoms with E-state index in [1.54, 1.807) is 12.1 Å². The first-order valence-corrected chi connectivity index (χ1v) is 8.38. The number of nitrogens with one attached hydrogen (secondary N) is 1. The van der Waals surface area contributed by atoms with Crippen molar-refractivity contribution in [2.45, 2.75) is 37.0 Å². The van der Waals surface area contributed by atoms with E-state index in [2.05, 4.69) is 5.32 Å². The third-order valence-electron chi connectivity index (χ3n) is 3.69. The average molecular weight is 296 g/mol. The zero-order valence-corrected chi connectivity index (χ0v) is 12.2. The van der Waals surface area contributed by atoms with E-state index in [1.807, 2.05) is 0 Å². The Balaban J connectivity index is 1.75. The lowest BCUT2D eigenvalue weighted by atomic mass is 9.83. The smallest absolute Gasteiger partial charge is 0.238 e. The zero-order chi connectivity index (χ0) is 14.6. The van der Waals surface area contributed by atoms with E-state index in [4.69, 9.17) is 5.14 Å². The Bertz CT molecular complexity index is 563. The minimum absolute atomic E-state index is 0.107. The van der Waals surface area contributed by atoms with Gasteiger partial charge in [-0.3, -0.25) is 4.79 Å². The van der Waals surface area contributed by atoms with E-state index in [0.29, 0.717) is 25.3 Å². The standard InChI is InChI=1S/C14H20N2O3S/c15-20(18,19)13-6-4-11(5-7-13)8-9-16-14(17)10-12-2-1-3-12/h4-7,12H,1-3,8-10H2,(H,16,17)(H2,15,18,19). The van der Waals surface area contributed by atoms with Gasteiger partial charge in [0.25, 0.3) is 0 Å². The topological polar surface area (TPSA) is 89.3 Å². The summed E-state index contributed by atoms with van der Waals surface area (Å²) in [5.41, 5.74) is 0.973. The molecule has 3 N–H and O–H groups in total. The molecule has 1 saturated carbocycles. The molecule has 110 valence electrons. The Morgan fingerprint density at radius 1 is 1.25 bits per heavy atom. The third kappa shape index (κ3) is 4.31. The first-order valence-electron chi connectivity index (χ1n) is 6.83. The molecule has 0 spiro atoms. The second kappa shape index (κ2) is 6.37. The summed E-state index contributed by atoms with van der Waals surface area (Å²) >= 11 is 0. The van der Waals surface area contributed by atoms with Crippen molar-refractivity contribution < 1.29 is 13.2 Å². The van der Waals surface area contributed by atoms with Crippen LogP contribution in [0.2, 0.25) is 0 Å². The molecule has 0 aromatic heterocycles.